The van der Waals surface area contributed by atoms with Crippen LogP contribution in [0.15, 0.2) is 57.9 Å². The molecule has 0 heterocycles. The Morgan fingerprint density at radius 1 is 1.14 bits per heavy atom. The van der Waals surface area contributed by atoms with Crippen molar-refractivity contribution in [3.8, 4) is 5.75 Å². The van der Waals surface area contributed by atoms with Gasteiger partial charge in [0.1, 0.15) is 5.75 Å². The normalized spacial score (nSPS) is 12.4. The number of hydrogen-bond donors (Lipinski definition) is 1. The third-order valence-corrected chi connectivity index (χ3v) is 5.06. The Balaban J connectivity index is 2.00. The number of benzene rings is 2. The van der Waals surface area contributed by atoms with Gasteiger partial charge in [0.15, 0.2) is 0 Å². The lowest BCUT2D eigenvalue weighted by molar-refractivity contribution is 0.242. The highest BCUT2D eigenvalue weighted by atomic mass is 79.9. The number of rotatable bonds is 6. The van der Waals surface area contributed by atoms with Crippen LogP contribution in [0.3, 0.4) is 0 Å². The van der Waals surface area contributed by atoms with E-state index in [-0.39, 0.29) is 12.1 Å². The molecule has 1 atom stereocenters. The molecule has 2 aromatic rings. The van der Waals surface area contributed by atoms with Crippen molar-refractivity contribution in [2.45, 2.75) is 30.9 Å². The SMILES string of the molecule is CC(C)Oc1cccc(C(N)CSc2ccccc2Br)c1. The minimum absolute atomic E-state index is 0.0159. The summed E-state index contributed by atoms with van der Waals surface area (Å²) in [5.41, 5.74) is 7.41. The number of nitrogens with two attached hydrogens (primary N) is 1. The molecule has 0 aliphatic heterocycles. The van der Waals surface area contributed by atoms with Crippen molar-refractivity contribution < 1.29 is 4.74 Å². The molecule has 21 heavy (non-hydrogen) atoms. The molecule has 2 rings (SSSR count). The summed E-state index contributed by atoms with van der Waals surface area (Å²) in [5, 5.41) is 0. The molecule has 0 bridgehead atoms. The van der Waals surface area contributed by atoms with Gasteiger partial charge in [0.2, 0.25) is 0 Å². The van der Waals surface area contributed by atoms with Crippen molar-refractivity contribution >= 4 is 27.7 Å². The van der Waals surface area contributed by atoms with E-state index in [1.54, 1.807) is 11.8 Å². The molecule has 2 N–H and O–H groups in total. The highest BCUT2D eigenvalue weighted by Crippen LogP contribution is 2.30. The van der Waals surface area contributed by atoms with E-state index in [4.69, 9.17) is 10.5 Å². The predicted octanol–water partition coefficient (Wildman–Crippen LogP) is 5.03. The minimum atomic E-state index is -0.0159. The van der Waals surface area contributed by atoms with Crippen molar-refractivity contribution in [3.05, 3.63) is 58.6 Å². The second-order valence-corrected chi connectivity index (χ2v) is 7.00. The van der Waals surface area contributed by atoms with E-state index < -0.39 is 0 Å². The van der Waals surface area contributed by atoms with Crippen LogP contribution >= 0.6 is 27.7 Å². The van der Waals surface area contributed by atoms with Crippen LogP contribution in [0.2, 0.25) is 0 Å². The fraction of sp³-hybridized carbons (Fsp3) is 0.294. The van der Waals surface area contributed by atoms with Crippen molar-refractivity contribution in [3.63, 3.8) is 0 Å². The second-order valence-electron chi connectivity index (χ2n) is 5.09. The van der Waals surface area contributed by atoms with Gasteiger partial charge in [-0.25, -0.2) is 0 Å². The van der Waals surface area contributed by atoms with E-state index in [9.17, 15) is 0 Å². The third kappa shape index (κ3) is 5.06. The Labute approximate surface area is 139 Å². The number of hydrogen-bond acceptors (Lipinski definition) is 3. The Morgan fingerprint density at radius 2 is 1.90 bits per heavy atom. The van der Waals surface area contributed by atoms with E-state index in [2.05, 4.69) is 28.1 Å². The van der Waals surface area contributed by atoms with Gasteiger partial charge in [-0.1, -0.05) is 24.3 Å². The molecule has 0 radical (unpaired) electrons. The molecule has 0 aromatic heterocycles. The standard InChI is InChI=1S/C17H20BrNOS/c1-12(2)20-14-7-5-6-13(10-14)16(19)11-21-17-9-4-3-8-15(17)18/h3-10,12,16H,11,19H2,1-2H3. The maximum absolute atomic E-state index is 6.30. The predicted molar refractivity (Wildman–Crippen MR) is 94.0 cm³/mol. The fourth-order valence-corrected chi connectivity index (χ4v) is 3.49. The third-order valence-electron chi connectivity index (χ3n) is 2.91. The Morgan fingerprint density at radius 3 is 2.62 bits per heavy atom. The monoisotopic (exact) mass is 365 g/mol. The summed E-state index contributed by atoms with van der Waals surface area (Å²) < 4.78 is 6.83. The lowest BCUT2D eigenvalue weighted by Crippen LogP contribution is -2.13. The van der Waals surface area contributed by atoms with Gasteiger partial charge in [-0.3, -0.25) is 0 Å². The first-order valence-electron chi connectivity index (χ1n) is 6.96. The highest BCUT2D eigenvalue weighted by Gasteiger charge is 2.09. The number of ether oxygens (including phenoxy) is 1. The van der Waals surface area contributed by atoms with Crippen molar-refractivity contribution in [2.24, 2.45) is 5.73 Å². The second kappa shape index (κ2) is 7.87. The first-order chi connectivity index (χ1) is 10.1. The average Bonchev–Trinajstić information content (AvgIpc) is 2.45. The van der Waals surface area contributed by atoms with Crippen molar-refractivity contribution in [1.82, 2.24) is 0 Å². The molecular formula is C17H20BrNOS. The summed E-state index contributed by atoms with van der Waals surface area (Å²) in [5.74, 6) is 1.71. The van der Waals surface area contributed by atoms with Crippen molar-refractivity contribution in [1.29, 1.82) is 0 Å². The van der Waals surface area contributed by atoms with Gasteiger partial charge in [0.05, 0.1) is 6.10 Å². The van der Waals surface area contributed by atoms with Gasteiger partial charge >= 0.3 is 0 Å². The first kappa shape index (κ1) is 16.4. The summed E-state index contributed by atoms with van der Waals surface area (Å²) in [6, 6.07) is 16.2. The molecule has 0 spiro atoms. The molecule has 0 fully saturated rings. The van der Waals surface area contributed by atoms with Gasteiger partial charge in [0, 0.05) is 21.2 Å². The molecule has 1 unspecified atom stereocenters. The van der Waals surface area contributed by atoms with Crippen LogP contribution in [-0.4, -0.2) is 11.9 Å². The topological polar surface area (TPSA) is 35.2 Å². The summed E-state index contributed by atoms with van der Waals surface area (Å²) >= 11 is 5.32. The van der Waals surface area contributed by atoms with Crippen LogP contribution in [0, 0.1) is 0 Å². The van der Waals surface area contributed by atoms with E-state index in [0.29, 0.717) is 0 Å². The quantitative estimate of drug-likeness (QED) is 0.729. The van der Waals surface area contributed by atoms with Crippen LogP contribution in [0.4, 0.5) is 0 Å². The maximum atomic E-state index is 6.30. The van der Waals surface area contributed by atoms with Crippen LogP contribution in [0.25, 0.3) is 0 Å². The largest absolute Gasteiger partial charge is 0.491 e. The average molecular weight is 366 g/mol. The smallest absolute Gasteiger partial charge is 0.120 e. The zero-order valence-corrected chi connectivity index (χ0v) is 14.7. The van der Waals surface area contributed by atoms with Gasteiger partial charge in [-0.2, -0.15) is 0 Å². The molecule has 0 saturated heterocycles. The van der Waals surface area contributed by atoms with Gasteiger partial charge in [0.25, 0.3) is 0 Å². The van der Waals surface area contributed by atoms with Crippen LogP contribution in [0.1, 0.15) is 25.5 Å². The molecular weight excluding hydrogens is 346 g/mol. The lowest BCUT2D eigenvalue weighted by Gasteiger charge is -2.15. The summed E-state index contributed by atoms with van der Waals surface area (Å²) in [7, 11) is 0. The highest BCUT2D eigenvalue weighted by molar-refractivity contribution is 9.10. The molecule has 0 aliphatic carbocycles. The molecule has 0 saturated carbocycles. The van der Waals surface area contributed by atoms with Gasteiger partial charge in [-0.05, 0) is 59.6 Å². The Kier molecular flexibility index (Phi) is 6.15. The zero-order valence-electron chi connectivity index (χ0n) is 12.3. The molecule has 4 heteroatoms. The number of halogens is 1. The Hall–Kier alpha value is -0.970. The van der Waals surface area contributed by atoms with E-state index in [1.807, 2.05) is 50.2 Å². The molecule has 0 amide bonds. The van der Waals surface area contributed by atoms with Gasteiger partial charge in [-0.15, -0.1) is 11.8 Å². The van der Waals surface area contributed by atoms with Crippen LogP contribution in [0.5, 0.6) is 5.75 Å². The molecule has 0 aliphatic rings. The fourth-order valence-electron chi connectivity index (χ4n) is 1.93. The minimum Gasteiger partial charge on any atom is -0.491 e. The van der Waals surface area contributed by atoms with Gasteiger partial charge < -0.3 is 10.5 Å². The summed E-state index contributed by atoms with van der Waals surface area (Å²) in [6.45, 7) is 4.05. The summed E-state index contributed by atoms with van der Waals surface area (Å²) in [6.07, 6.45) is 0.172. The maximum Gasteiger partial charge on any atom is 0.120 e. The molecule has 2 nitrogen and oxygen atoms in total. The van der Waals surface area contributed by atoms with E-state index in [0.717, 1.165) is 21.5 Å². The Bertz CT molecular complexity index is 589. The van der Waals surface area contributed by atoms with Crippen molar-refractivity contribution in [2.75, 3.05) is 5.75 Å². The van der Waals surface area contributed by atoms with E-state index >= 15 is 0 Å². The zero-order chi connectivity index (χ0) is 15.2. The molecule has 2 aromatic carbocycles. The molecule has 112 valence electrons. The first-order valence-corrected chi connectivity index (χ1v) is 8.73. The number of thioether (sulfide) groups is 1. The summed E-state index contributed by atoms with van der Waals surface area (Å²) in [4.78, 5) is 1.21. The lowest BCUT2D eigenvalue weighted by atomic mass is 10.1. The van der Waals surface area contributed by atoms with Crippen LogP contribution < -0.4 is 10.5 Å². The van der Waals surface area contributed by atoms with E-state index in [1.165, 1.54) is 4.90 Å². The van der Waals surface area contributed by atoms with Crippen LogP contribution in [-0.2, 0) is 0 Å².